The third kappa shape index (κ3) is 5.25. The SMILES string of the molecule is Cc1ccccc1C(=O)N1CCC(CNC(=O)OC(C)(C)C)CC1. The molecule has 1 N–H and O–H groups in total. The van der Waals surface area contributed by atoms with Gasteiger partial charge in [0, 0.05) is 25.2 Å². The number of hydrogen-bond acceptors (Lipinski definition) is 3. The molecule has 1 fully saturated rings. The summed E-state index contributed by atoms with van der Waals surface area (Å²) in [4.78, 5) is 26.2. The number of carbonyl (C=O) groups excluding carboxylic acids is 2. The van der Waals surface area contributed by atoms with Crippen molar-refractivity contribution in [1.29, 1.82) is 0 Å². The summed E-state index contributed by atoms with van der Waals surface area (Å²) in [5, 5.41) is 2.83. The summed E-state index contributed by atoms with van der Waals surface area (Å²) in [7, 11) is 0. The molecule has 0 aliphatic carbocycles. The molecule has 1 saturated heterocycles. The van der Waals surface area contributed by atoms with E-state index in [0.29, 0.717) is 12.5 Å². The van der Waals surface area contributed by atoms with Gasteiger partial charge in [-0.25, -0.2) is 4.79 Å². The van der Waals surface area contributed by atoms with Gasteiger partial charge in [-0.05, 0) is 58.1 Å². The standard InChI is InChI=1S/C19H28N2O3/c1-14-7-5-6-8-16(14)17(22)21-11-9-15(10-12-21)13-20-18(23)24-19(2,3)4/h5-8,15H,9-13H2,1-4H3,(H,20,23). The van der Waals surface area contributed by atoms with E-state index in [4.69, 9.17) is 4.74 Å². The lowest BCUT2D eigenvalue weighted by Gasteiger charge is -2.32. The normalized spacial score (nSPS) is 15.9. The number of amides is 2. The van der Waals surface area contributed by atoms with Crippen molar-refractivity contribution in [2.24, 2.45) is 5.92 Å². The molecule has 0 radical (unpaired) electrons. The number of likely N-dealkylation sites (tertiary alicyclic amines) is 1. The second kappa shape index (κ2) is 7.69. The number of ether oxygens (including phenoxy) is 1. The van der Waals surface area contributed by atoms with Gasteiger partial charge in [-0.1, -0.05) is 18.2 Å². The average Bonchev–Trinajstić information content (AvgIpc) is 2.52. The van der Waals surface area contributed by atoms with Crippen molar-refractivity contribution in [3.63, 3.8) is 0 Å². The molecular formula is C19H28N2O3. The lowest BCUT2D eigenvalue weighted by molar-refractivity contribution is 0.0500. The number of benzene rings is 1. The Bertz CT molecular complexity index is 585. The lowest BCUT2D eigenvalue weighted by Crippen LogP contribution is -2.42. The van der Waals surface area contributed by atoms with Crippen LogP contribution in [0, 0.1) is 12.8 Å². The van der Waals surface area contributed by atoms with Crippen molar-refractivity contribution >= 4 is 12.0 Å². The van der Waals surface area contributed by atoms with E-state index in [-0.39, 0.29) is 12.0 Å². The third-order valence-corrected chi connectivity index (χ3v) is 4.21. The maximum atomic E-state index is 12.6. The van der Waals surface area contributed by atoms with Gasteiger partial charge in [-0.2, -0.15) is 0 Å². The van der Waals surface area contributed by atoms with Crippen LogP contribution < -0.4 is 5.32 Å². The molecule has 1 aromatic carbocycles. The van der Waals surface area contributed by atoms with Gasteiger partial charge in [0.05, 0.1) is 0 Å². The molecule has 0 unspecified atom stereocenters. The first-order chi connectivity index (χ1) is 11.3. The van der Waals surface area contributed by atoms with Crippen LogP contribution in [0.2, 0.25) is 0 Å². The number of nitrogens with zero attached hydrogens (tertiary/aromatic N) is 1. The average molecular weight is 332 g/mol. The molecular weight excluding hydrogens is 304 g/mol. The molecule has 5 heteroatoms. The van der Waals surface area contributed by atoms with Crippen molar-refractivity contribution in [3.8, 4) is 0 Å². The minimum Gasteiger partial charge on any atom is -0.444 e. The molecule has 2 amide bonds. The van der Waals surface area contributed by atoms with Gasteiger partial charge in [0.2, 0.25) is 0 Å². The van der Waals surface area contributed by atoms with E-state index in [0.717, 1.165) is 37.1 Å². The number of alkyl carbamates (subject to hydrolysis) is 1. The zero-order valence-corrected chi connectivity index (χ0v) is 15.1. The molecule has 0 bridgehead atoms. The molecule has 1 aliphatic rings. The van der Waals surface area contributed by atoms with Crippen LogP contribution in [-0.4, -0.2) is 42.1 Å². The highest BCUT2D eigenvalue weighted by Gasteiger charge is 2.25. The number of rotatable bonds is 3. The van der Waals surface area contributed by atoms with Gasteiger partial charge >= 0.3 is 6.09 Å². The van der Waals surface area contributed by atoms with Crippen LogP contribution in [0.25, 0.3) is 0 Å². The van der Waals surface area contributed by atoms with Crippen molar-refractivity contribution < 1.29 is 14.3 Å². The first kappa shape index (κ1) is 18.3. The van der Waals surface area contributed by atoms with E-state index in [1.54, 1.807) is 0 Å². The molecule has 1 heterocycles. The number of aryl methyl sites for hydroxylation is 1. The van der Waals surface area contributed by atoms with Crippen LogP contribution in [-0.2, 0) is 4.74 Å². The Morgan fingerprint density at radius 3 is 2.42 bits per heavy atom. The zero-order chi connectivity index (χ0) is 17.7. The third-order valence-electron chi connectivity index (χ3n) is 4.21. The second-order valence-electron chi connectivity index (χ2n) is 7.43. The van der Waals surface area contributed by atoms with Crippen LogP contribution in [0.15, 0.2) is 24.3 Å². The van der Waals surface area contributed by atoms with E-state index in [2.05, 4.69) is 5.32 Å². The van der Waals surface area contributed by atoms with Gasteiger partial charge in [0.1, 0.15) is 5.60 Å². The first-order valence-corrected chi connectivity index (χ1v) is 8.58. The smallest absolute Gasteiger partial charge is 0.407 e. The maximum absolute atomic E-state index is 12.6. The molecule has 1 aliphatic heterocycles. The number of piperidine rings is 1. The Kier molecular flexibility index (Phi) is 5.86. The molecule has 24 heavy (non-hydrogen) atoms. The fourth-order valence-electron chi connectivity index (χ4n) is 2.87. The monoisotopic (exact) mass is 332 g/mol. The lowest BCUT2D eigenvalue weighted by atomic mass is 9.96. The van der Waals surface area contributed by atoms with Gasteiger partial charge in [0.15, 0.2) is 0 Å². The molecule has 1 aromatic rings. The zero-order valence-electron chi connectivity index (χ0n) is 15.1. The minimum absolute atomic E-state index is 0.103. The number of hydrogen-bond donors (Lipinski definition) is 1. The van der Waals surface area contributed by atoms with Crippen LogP contribution in [0.3, 0.4) is 0 Å². The van der Waals surface area contributed by atoms with E-state index in [1.165, 1.54) is 0 Å². The van der Waals surface area contributed by atoms with Crippen LogP contribution in [0.4, 0.5) is 4.79 Å². The minimum atomic E-state index is -0.479. The predicted molar refractivity (Wildman–Crippen MR) is 94.0 cm³/mol. The summed E-state index contributed by atoms with van der Waals surface area (Å²) >= 11 is 0. The van der Waals surface area contributed by atoms with E-state index < -0.39 is 5.60 Å². The summed E-state index contributed by atoms with van der Waals surface area (Å²) in [5.74, 6) is 0.491. The molecule has 5 nitrogen and oxygen atoms in total. The van der Waals surface area contributed by atoms with Gasteiger partial charge in [-0.3, -0.25) is 4.79 Å². The molecule has 2 rings (SSSR count). The Morgan fingerprint density at radius 2 is 1.83 bits per heavy atom. The summed E-state index contributed by atoms with van der Waals surface area (Å²) in [6.07, 6.45) is 1.42. The number of carbonyl (C=O) groups is 2. The fourth-order valence-corrected chi connectivity index (χ4v) is 2.87. The van der Waals surface area contributed by atoms with Gasteiger partial charge < -0.3 is 15.0 Å². The second-order valence-corrected chi connectivity index (χ2v) is 7.43. The number of nitrogens with one attached hydrogen (secondary N) is 1. The van der Waals surface area contributed by atoms with Crippen LogP contribution >= 0.6 is 0 Å². The van der Waals surface area contributed by atoms with Crippen molar-refractivity contribution in [3.05, 3.63) is 35.4 Å². The van der Waals surface area contributed by atoms with Crippen molar-refractivity contribution in [2.45, 2.75) is 46.1 Å². The highest BCUT2D eigenvalue weighted by atomic mass is 16.6. The topological polar surface area (TPSA) is 58.6 Å². The van der Waals surface area contributed by atoms with Gasteiger partial charge in [-0.15, -0.1) is 0 Å². The summed E-state index contributed by atoms with van der Waals surface area (Å²) in [6.45, 7) is 9.57. The Labute approximate surface area is 144 Å². The highest BCUT2D eigenvalue weighted by Crippen LogP contribution is 2.20. The van der Waals surface area contributed by atoms with Crippen molar-refractivity contribution in [1.82, 2.24) is 10.2 Å². The molecule has 0 atom stereocenters. The quantitative estimate of drug-likeness (QED) is 0.923. The van der Waals surface area contributed by atoms with E-state index in [9.17, 15) is 9.59 Å². The Hall–Kier alpha value is -2.04. The van der Waals surface area contributed by atoms with Crippen molar-refractivity contribution in [2.75, 3.05) is 19.6 Å². The summed E-state index contributed by atoms with van der Waals surface area (Å²) < 4.78 is 5.24. The summed E-state index contributed by atoms with van der Waals surface area (Å²) in [5.41, 5.74) is 1.31. The molecule has 0 aromatic heterocycles. The van der Waals surface area contributed by atoms with Crippen LogP contribution in [0.5, 0.6) is 0 Å². The van der Waals surface area contributed by atoms with Crippen LogP contribution in [0.1, 0.15) is 49.5 Å². The largest absolute Gasteiger partial charge is 0.444 e. The van der Waals surface area contributed by atoms with E-state index in [1.807, 2.05) is 56.9 Å². The predicted octanol–water partition coefficient (Wildman–Crippen LogP) is 3.37. The van der Waals surface area contributed by atoms with Gasteiger partial charge in [0.25, 0.3) is 5.91 Å². The maximum Gasteiger partial charge on any atom is 0.407 e. The summed E-state index contributed by atoms with van der Waals surface area (Å²) in [6, 6.07) is 7.69. The fraction of sp³-hybridized carbons (Fsp3) is 0.579. The highest BCUT2D eigenvalue weighted by molar-refractivity contribution is 5.95. The first-order valence-electron chi connectivity index (χ1n) is 8.58. The Balaban J connectivity index is 1.78. The molecule has 0 saturated carbocycles. The Morgan fingerprint density at radius 1 is 1.21 bits per heavy atom. The van der Waals surface area contributed by atoms with E-state index >= 15 is 0 Å². The molecule has 0 spiro atoms. The molecule has 132 valence electrons.